The summed E-state index contributed by atoms with van der Waals surface area (Å²) < 4.78 is 0. The van der Waals surface area contributed by atoms with E-state index >= 15 is 0 Å². The fourth-order valence-electron chi connectivity index (χ4n) is 2.57. The number of hydrogen-bond acceptors (Lipinski definition) is 3. The highest BCUT2D eigenvalue weighted by atomic mass is 16.1. The predicted molar refractivity (Wildman–Crippen MR) is 127 cm³/mol. The van der Waals surface area contributed by atoms with E-state index in [2.05, 4.69) is 87.4 Å². The molecule has 0 aromatic heterocycles. The molecular weight excluding hydrogens is 358 g/mol. The number of nitrogens with one attached hydrogen (secondary N) is 2. The van der Waals surface area contributed by atoms with Crippen LogP contribution < -0.4 is 16.4 Å². The van der Waals surface area contributed by atoms with Crippen molar-refractivity contribution in [2.24, 2.45) is 5.73 Å². The van der Waals surface area contributed by atoms with Crippen LogP contribution in [-0.2, 0) is 11.2 Å². The summed E-state index contributed by atoms with van der Waals surface area (Å²) in [6.07, 6.45) is 8.09. The minimum absolute atomic E-state index is 0.640. The van der Waals surface area contributed by atoms with Crippen molar-refractivity contribution >= 4 is 6.41 Å². The summed E-state index contributed by atoms with van der Waals surface area (Å²) in [6.45, 7) is 14.0. The van der Waals surface area contributed by atoms with Gasteiger partial charge in [0.2, 0.25) is 6.41 Å². The van der Waals surface area contributed by atoms with Gasteiger partial charge in [0.15, 0.2) is 0 Å². The van der Waals surface area contributed by atoms with Crippen LogP contribution in [0.4, 0.5) is 0 Å². The molecule has 0 radical (unpaired) electrons. The number of carbonyl (C=O) groups excluding carboxylic acids is 1. The van der Waals surface area contributed by atoms with Crippen LogP contribution in [-0.4, -0.2) is 26.5 Å². The van der Waals surface area contributed by atoms with Crippen molar-refractivity contribution in [2.75, 3.05) is 20.1 Å². The molecule has 0 saturated carbocycles. The molecule has 1 aromatic rings. The zero-order valence-electron chi connectivity index (χ0n) is 18.8. The third-order valence-corrected chi connectivity index (χ3v) is 4.55. The van der Waals surface area contributed by atoms with Crippen LogP contribution >= 0.6 is 0 Å². The number of rotatable bonds is 11. The standard InChI is InChI=1S/C21H29N.C4H10N2O/c1-7-17(3)21(15-20-11-9-8-10-12-20)14-16(2)13-18(4)19(5)22-6;5-2-1-3-6-4-7/h8-14,22H,5,7,15H2,1-4,6H3;4H,1-3,5H2,(H,6,7)/b16-14-,18-13+,21-17?;. The summed E-state index contributed by atoms with van der Waals surface area (Å²) in [6, 6.07) is 10.7. The summed E-state index contributed by atoms with van der Waals surface area (Å²) in [5.74, 6) is 0. The van der Waals surface area contributed by atoms with E-state index in [1.54, 1.807) is 0 Å². The predicted octanol–water partition coefficient (Wildman–Crippen LogP) is 4.66. The number of likely N-dealkylation sites (N-methyl/N-ethyl adjacent to an activating group) is 1. The maximum absolute atomic E-state index is 9.53. The van der Waals surface area contributed by atoms with Gasteiger partial charge >= 0.3 is 0 Å². The Labute approximate surface area is 177 Å². The number of carbonyl (C=O) groups is 1. The third-order valence-electron chi connectivity index (χ3n) is 4.55. The molecular formula is C25H39N3O. The SMILES string of the molecule is C=C(NC)/C(C)=C/C(C)=C\C(Cc1ccccc1)=C(C)CC.NCCCNC=O. The highest BCUT2D eigenvalue weighted by Crippen LogP contribution is 2.19. The summed E-state index contributed by atoms with van der Waals surface area (Å²) in [5, 5.41) is 5.58. The van der Waals surface area contributed by atoms with Gasteiger partial charge in [0.1, 0.15) is 0 Å². The van der Waals surface area contributed by atoms with E-state index in [4.69, 9.17) is 5.73 Å². The van der Waals surface area contributed by atoms with E-state index in [9.17, 15) is 4.79 Å². The van der Waals surface area contributed by atoms with E-state index in [0.29, 0.717) is 19.5 Å². The van der Waals surface area contributed by atoms with Crippen molar-refractivity contribution in [3.8, 4) is 0 Å². The van der Waals surface area contributed by atoms with E-state index in [1.807, 2.05) is 7.05 Å². The van der Waals surface area contributed by atoms with Gasteiger partial charge in [0.05, 0.1) is 0 Å². The van der Waals surface area contributed by atoms with Gasteiger partial charge in [-0.05, 0) is 63.3 Å². The van der Waals surface area contributed by atoms with Crippen molar-refractivity contribution in [2.45, 2.75) is 47.0 Å². The molecule has 0 bridgehead atoms. The number of benzene rings is 1. The number of hydrogen-bond donors (Lipinski definition) is 3. The molecule has 0 aliphatic heterocycles. The molecule has 1 rings (SSSR count). The second-order valence-corrected chi connectivity index (χ2v) is 6.98. The summed E-state index contributed by atoms with van der Waals surface area (Å²) in [5.41, 5.74) is 12.7. The van der Waals surface area contributed by atoms with Crippen LogP contribution in [0.5, 0.6) is 0 Å². The van der Waals surface area contributed by atoms with Gasteiger partial charge in [0, 0.05) is 19.3 Å². The Morgan fingerprint density at radius 3 is 2.31 bits per heavy atom. The highest BCUT2D eigenvalue weighted by molar-refractivity contribution is 5.45. The minimum atomic E-state index is 0.640. The van der Waals surface area contributed by atoms with Gasteiger partial charge in [0.25, 0.3) is 0 Å². The minimum Gasteiger partial charge on any atom is -0.388 e. The lowest BCUT2D eigenvalue weighted by Gasteiger charge is -2.10. The molecule has 0 aliphatic carbocycles. The topological polar surface area (TPSA) is 67.2 Å². The second kappa shape index (κ2) is 16.4. The van der Waals surface area contributed by atoms with Crippen LogP contribution in [0.1, 0.15) is 46.1 Å². The summed E-state index contributed by atoms with van der Waals surface area (Å²) >= 11 is 0. The maximum atomic E-state index is 9.53. The first kappa shape index (κ1) is 26.4. The average Bonchev–Trinajstić information content (AvgIpc) is 2.73. The molecule has 160 valence electrons. The van der Waals surface area contributed by atoms with E-state index in [0.717, 1.165) is 25.0 Å². The Morgan fingerprint density at radius 2 is 1.79 bits per heavy atom. The monoisotopic (exact) mass is 397 g/mol. The molecule has 0 fully saturated rings. The van der Waals surface area contributed by atoms with Crippen LogP contribution in [0.2, 0.25) is 0 Å². The molecule has 4 N–H and O–H groups in total. The molecule has 29 heavy (non-hydrogen) atoms. The van der Waals surface area contributed by atoms with Crippen molar-refractivity contribution < 1.29 is 4.79 Å². The first-order chi connectivity index (χ1) is 13.9. The first-order valence-corrected chi connectivity index (χ1v) is 10.2. The van der Waals surface area contributed by atoms with Crippen LogP contribution in [0.3, 0.4) is 0 Å². The highest BCUT2D eigenvalue weighted by Gasteiger charge is 2.02. The lowest BCUT2D eigenvalue weighted by Crippen LogP contribution is -2.15. The molecule has 0 unspecified atom stereocenters. The number of nitrogens with two attached hydrogens (primary N) is 1. The Hall–Kier alpha value is -2.59. The zero-order valence-corrected chi connectivity index (χ0v) is 18.8. The van der Waals surface area contributed by atoms with Crippen LogP contribution in [0.25, 0.3) is 0 Å². The third kappa shape index (κ3) is 12.5. The Kier molecular flexibility index (Phi) is 14.9. The Balaban J connectivity index is 0.000000956. The average molecular weight is 398 g/mol. The Morgan fingerprint density at radius 1 is 1.14 bits per heavy atom. The Bertz CT molecular complexity index is 700. The lowest BCUT2D eigenvalue weighted by atomic mass is 9.97. The van der Waals surface area contributed by atoms with Gasteiger partial charge in [-0.2, -0.15) is 0 Å². The molecule has 0 atom stereocenters. The van der Waals surface area contributed by atoms with Crippen molar-refractivity contribution in [1.82, 2.24) is 10.6 Å². The maximum Gasteiger partial charge on any atom is 0.207 e. The van der Waals surface area contributed by atoms with E-state index in [-0.39, 0.29) is 0 Å². The van der Waals surface area contributed by atoms with Crippen LogP contribution in [0.15, 0.2) is 77.1 Å². The first-order valence-electron chi connectivity index (χ1n) is 10.2. The normalized spacial score (nSPS) is 12.3. The van der Waals surface area contributed by atoms with Gasteiger partial charge in [-0.1, -0.05) is 67.1 Å². The molecule has 0 spiro atoms. The van der Waals surface area contributed by atoms with Gasteiger partial charge in [-0.3, -0.25) is 4.79 Å². The van der Waals surface area contributed by atoms with Gasteiger partial charge in [-0.25, -0.2) is 0 Å². The molecule has 0 heterocycles. The molecule has 4 heteroatoms. The van der Waals surface area contributed by atoms with Gasteiger partial charge < -0.3 is 16.4 Å². The molecule has 1 amide bonds. The lowest BCUT2D eigenvalue weighted by molar-refractivity contribution is -0.109. The van der Waals surface area contributed by atoms with Crippen molar-refractivity contribution in [3.05, 3.63) is 82.6 Å². The van der Waals surface area contributed by atoms with Crippen molar-refractivity contribution in [3.63, 3.8) is 0 Å². The molecule has 0 aliphatic rings. The van der Waals surface area contributed by atoms with Crippen LogP contribution in [0, 0.1) is 0 Å². The van der Waals surface area contributed by atoms with Crippen molar-refractivity contribution in [1.29, 1.82) is 0 Å². The fourth-order valence-corrected chi connectivity index (χ4v) is 2.57. The quantitative estimate of drug-likeness (QED) is 0.289. The summed E-state index contributed by atoms with van der Waals surface area (Å²) in [4.78, 5) is 9.53. The molecule has 1 aromatic carbocycles. The summed E-state index contributed by atoms with van der Waals surface area (Å²) in [7, 11) is 1.90. The number of allylic oxidation sites excluding steroid dienone is 6. The smallest absolute Gasteiger partial charge is 0.207 e. The van der Waals surface area contributed by atoms with E-state index in [1.165, 1.54) is 27.9 Å². The fraction of sp³-hybridized carbons (Fsp3) is 0.400. The number of amides is 1. The van der Waals surface area contributed by atoms with E-state index < -0.39 is 0 Å². The van der Waals surface area contributed by atoms with Gasteiger partial charge in [-0.15, -0.1) is 0 Å². The second-order valence-electron chi connectivity index (χ2n) is 6.98. The molecule has 4 nitrogen and oxygen atoms in total. The molecule has 0 saturated heterocycles. The largest absolute Gasteiger partial charge is 0.388 e. The zero-order chi connectivity index (χ0) is 22.1.